The largest absolute Gasteiger partial charge is 0.353 e. The molecule has 4 rings (SSSR count). The Morgan fingerprint density at radius 3 is 2.32 bits per heavy atom. The number of benzene rings is 1. The molecule has 2 N–H and O–H groups in total. The summed E-state index contributed by atoms with van der Waals surface area (Å²) in [6.45, 7) is 0. The highest BCUT2D eigenvalue weighted by molar-refractivity contribution is 6.30. The van der Waals surface area contributed by atoms with E-state index in [-0.39, 0.29) is 46.2 Å². The molecule has 4 nitrogen and oxygen atoms in total. The summed E-state index contributed by atoms with van der Waals surface area (Å²) in [5.74, 6) is -1.68. The van der Waals surface area contributed by atoms with Crippen molar-refractivity contribution in [1.29, 1.82) is 0 Å². The van der Waals surface area contributed by atoms with Crippen LogP contribution in [0.15, 0.2) is 12.1 Å². The van der Waals surface area contributed by atoms with Crippen LogP contribution in [0.5, 0.6) is 0 Å². The first-order chi connectivity index (χ1) is 13.4. The Kier molecular flexibility index (Phi) is 5.59. The third-order valence-electron chi connectivity index (χ3n) is 6.36. The van der Waals surface area contributed by atoms with Gasteiger partial charge in [-0.2, -0.15) is 0 Å². The number of nitrogens with one attached hydrogen (secondary N) is 2. The Bertz CT molecular complexity index is 772. The summed E-state index contributed by atoms with van der Waals surface area (Å²) in [6.07, 6.45) is 6.65. The van der Waals surface area contributed by atoms with E-state index >= 15 is 0 Å². The summed E-state index contributed by atoms with van der Waals surface area (Å²) in [5, 5.41) is 5.74. The molecule has 1 aromatic carbocycles. The van der Waals surface area contributed by atoms with Gasteiger partial charge in [-0.3, -0.25) is 9.59 Å². The van der Waals surface area contributed by atoms with Gasteiger partial charge in [0.05, 0.1) is 11.1 Å². The topological polar surface area (TPSA) is 58.2 Å². The van der Waals surface area contributed by atoms with Crippen LogP contribution in [0, 0.1) is 29.4 Å². The fourth-order valence-electron chi connectivity index (χ4n) is 4.43. The normalized spacial score (nSPS) is 25.8. The van der Waals surface area contributed by atoms with E-state index in [0.29, 0.717) is 12.8 Å². The molecule has 0 spiro atoms. The number of halogens is 3. The van der Waals surface area contributed by atoms with Crippen LogP contribution in [0.3, 0.4) is 0 Å². The molecule has 28 heavy (non-hydrogen) atoms. The summed E-state index contributed by atoms with van der Waals surface area (Å²) in [5.41, 5.74) is -0.134. The van der Waals surface area contributed by atoms with E-state index in [1.165, 1.54) is 6.07 Å². The number of carbonyl (C=O) groups is 2. The molecule has 0 unspecified atom stereocenters. The summed E-state index contributed by atoms with van der Waals surface area (Å²) >= 11 is 5.88. The van der Waals surface area contributed by atoms with E-state index in [1.807, 2.05) is 0 Å². The highest BCUT2D eigenvalue weighted by Crippen LogP contribution is 2.40. The van der Waals surface area contributed by atoms with E-state index in [4.69, 9.17) is 11.6 Å². The van der Waals surface area contributed by atoms with Crippen molar-refractivity contribution in [3.63, 3.8) is 0 Å². The molecular weight excluding hydrogens is 386 g/mol. The lowest BCUT2D eigenvalue weighted by atomic mass is 9.79. The minimum absolute atomic E-state index is 0.00291. The molecule has 0 aliphatic heterocycles. The third-order valence-corrected chi connectivity index (χ3v) is 6.65. The van der Waals surface area contributed by atoms with Gasteiger partial charge in [-0.15, -0.1) is 0 Å². The average Bonchev–Trinajstić information content (AvgIpc) is 3.35. The molecule has 7 heteroatoms. The maximum Gasteiger partial charge on any atom is 0.223 e. The average molecular weight is 411 g/mol. The molecule has 3 aliphatic rings. The van der Waals surface area contributed by atoms with Gasteiger partial charge in [-0.25, -0.2) is 8.78 Å². The van der Waals surface area contributed by atoms with Crippen LogP contribution in [-0.2, 0) is 9.59 Å². The van der Waals surface area contributed by atoms with Crippen molar-refractivity contribution in [2.45, 2.75) is 63.5 Å². The minimum atomic E-state index is -0.790. The Morgan fingerprint density at radius 2 is 1.68 bits per heavy atom. The Hall–Kier alpha value is -1.69. The Balaban J connectivity index is 1.43. The minimum Gasteiger partial charge on any atom is -0.353 e. The number of amides is 2. The van der Waals surface area contributed by atoms with Gasteiger partial charge in [0, 0.05) is 23.4 Å². The monoisotopic (exact) mass is 410 g/mol. The zero-order valence-corrected chi connectivity index (χ0v) is 16.4. The van der Waals surface area contributed by atoms with E-state index < -0.39 is 17.7 Å². The summed E-state index contributed by atoms with van der Waals surface area (Å²) in [6, 6.07) is 1.66. The summed E-state index contributed by atoms with van der Waals surface area (Å²) in [7, 11) is 0. The lowest BCUT2D eigenvalue weighted by Gasteiger charge is -2.36. The molecule has 0 saturated heterocycles. The second-order valence-electron chi connectivity index (χ2n) is 8.44. The van der Waals surface area contributed by atoms with Crippen molar-refractivity contribution >= 4 is 23.4 Å². The van der Waals surface area contributed by atoms with Crippen molar-refractivity contribution in [3.05, 3.63) is 34.4 Å². The highest BCUT2D eigenvalue weighted by atomic mass is 35.5. The van der Waals surface area contributed by atoms with Crippen LogP contribution in [0.4, 0.5) is 8.78 Å². The standard InChI is InChI=1S/C21H25ClF2N2O2/c22-15-7-8-16(23)17(18(15)24)19(11-3-1-2-4-11)26-21(28)13-9-14(10-13)25-20(27)12-5-6-12/h7-8,11-14,19H,1-6,9-10H2,(H,25,27)(H,26,28)/t13?,14?,19-/m0/s1. The lowest BCUT2D eigenvalue weighted by molar-refractivity contribution is -0.132. The molecule has 3 fully saturated rings. The first-order valence-corrected chi connectivity index (χ1v) is 10.6. The SMILES string of the molecule is O=C(NC1CC(C(=O)N[C@H](c2c(F)ccc(Cl)c2F)C2CCCC2)C1)C1CC1. The first kappa shape index (κ1) is 19.6. The van der Waals surface area contributed by atoms with Crippen LogP contribution in [0.2, 0.25) is 5.02 Å². The zero-order valence-electron chi connectivity index (χ0n) is 15.6. The quantitative estimate of drug-likeness (QED) is 0.688. The van der Waals surface area contributed by atoms with E-state index in [9.17, 15) is 18.4 Å². The first-order valence-electron chi connectivity index (χ1n) is 10.2. The predicted molar refractivity (Wildman–Crippen MR) is 102 cm³/mol. The van der Waals surface area contributed by atoms with Crippen LogP contribution in [0.25, 0.3) is 0 Å². The number of hydrogen-bond donors (Lipinski definition) is 2. The van der Waals surface area contributed by atoms with Gasteiger partial charge in [-0.05, 0) is 56.6 Å². The van der Waals surface area contributed by atoms with Gasteiger partial charge in [0.15, 0.2) is 0 Å². The summed E-state index contributed by atoms with van der Waals surface area (Å²) in [4.78, 5) is 24.6. The molecular formula is C21H25ClF2N2O2. The fraction of sp³-hybridized carbons (Fsp3) is 0.619. The molecule has 0 radical (unpaired) electrons. The van der Waals surface area contributed by atoms with Crippen molar-refractivity contribution in [1.82, 2.24) is 10.6 Å². The maximum atomic E-state index is 14.6. The lowest BCUT2D eigenvalue weighted by Crippen LogP contribution is -2.50. The van der Waals surface area contributed by atoms with Gasteiger partial charge in [-0.1, -0.05) is 24.4 Å². The smallest absolute Gasteiger partial charge is 0.223 e. The molecule has 3 saturated carbocycles. The van der Waals surface area contributed by atoms with Crippen LogP contribution >= 0.6 is 11.6 Å². The van der Waals surface area contributed by atoms with E-state index in [1.54, 1.807) is 0 Å². The second kappa shape index (κ2) is 7.97. The molecule has 2 amide bonds. The van der Waals surface area contributed by atoms with Gasteiger partial charge in [0.2, 0.25) is 11.8 Å². The third kappa shape index (κ3) is 4.02. The Morgan fingerprint density at radius 1 is 1.00 bits per heavy atom. The van der Waals surface area contributed by atoms with E-state index in [2.05, 4.69) is 10.6 Å². The van der Waals surface area contributed by atoms with Crippen molar-refractivity contribution < 1.29 is 18.4 Å². The Labute approximate surface area is 168 Å². The van der Waals surface area contributed by atoms with E-state index in [0.717, 1.165) is 44.6 Å². The van der Waals surface area contributed by atoms with Crippen molar-refractivity contribution in [3.8, 4) is 0 Å². The molecule has 1 aromatic rings. The zero-order chi connectivity index (χ0) is 19.8. The van der Waals surface area contributed by atoms with Gasteiger partial charge >= 0.3 is 0 Å². The van der Waals surface area contributed by atoms with Crippen molar-refractivity contribution in [2.75, 3.05) is 0 Å². The molecule has 3 aliphatic carbocycles. The highest BCUT2D eigenvalue weighted by Gasteiger charge is 2.40. The van der Waals surface area contributed by atoms with Crippen molar-refractivity contribution in [2.24, 2.45) is 17.8 Å². The van der Waals surface area contributed by atoms with Gasteiger partial charge in [0.25, 0.3) is 0 Å². The van der Waals surface area contributed by atoms with Gasteiger partial charge < -0.3 is 10.6 Å². The van der Waals surface area contributed by atoms with Crippen LogP contribution in [-0.4, -0.2) is 17.9 Å². The van der Waals surface area contributed by atoms with Gasteiger partial charge in [0.1, 0.15) is 11.6 Å². The number of carbonyl (C=O) groups excluding carboxylic acids is 2. The maximum absolute atomic E-state index is 14.6. The number of rotatable bonds is 6. The van der Waals surface area contributed by atoms with Crippen LogP contribution < -0.4 is 10.6 Å². The second-order valence-corrected chi connectivity index (χ2v) is 8.84. The molecule has 152 valence electrons. The molecule has 0 heterocycles. The van der Waals surface area contributed by atoms with Crippen LogP contribution in [0.1, 0.15) is 63.0 Å². The molecule has 0 bridgehead atoms. The summed E-state index contributed by atoms with van der Waals surface area (Å²) < 4.78 is 29.1. The fourth-order valence-corrected chi connectivity index (χ4v) is 4.59. The molecule has 0 aromatic heterocycles. The molecule has 1 atom stereocenters. The number of hydrogen-bond acceptors (Lipinski definition) is 2. The predicted octanol–water partition coefficient (Wildman–Crippen LogP) is 4.27.